The Morgan fingerprint density at radius 3 is 2.04 bits per heavy atom. The average molecular weight is 358 g/mol. The van der Waals surface area contributed by atoms with Crippen molar-refractivity contribution in [3.8, 4) is 0 Å². The third-order valence-electron chi connectivity index (χ3n) is 3.67. The van der Waals surface area contributed by atoms with Gasteiger partial charge in [-0.2, -0.15) is 0 Å². The van der Waals surface area contributed by atoms with E-state index in [0.29, 0.717) is 22.6 Å². The van der Waals surface area contributed by atoms with Crippen molar-refractivity contribution in [1.82, 2.24) is 15.3 Å². The lowest BCUT2D eigenvalue weighted by Crippen LogP contribution is -2.42. The van der Waals surface area contributed by atoms with Crippen molar-refractivity contribution in [3.63, 3.8) is 0 Å². The first kappa shape index (κ1) is 19.5. The zero-order valence-electron chi connectivity index (χ0n) is 15.8. The minimum atomic E-state index is -0.617. The summed E-state index contributed by atoms with van der Waals surface area (Å²) in [5, 5.41) is 5.39. The molecular weight excluding hydrogens is 335 g/mol. The fraction of sp³-hybridized carbons (Fsp3) is 0.368. The molecule has 0 fully saturated rings. The van der Waals surface area contributed by atoms with E-state index < -0.39 is 23.2 Å². The highest BCUT2D eigenvalue weighted by molar-refractivity contribution is 6.10. The van der Waals surface area contributed by atoms with Crippen LogP contribution in [0.5, 0.6) is 0 Å². The van der Waals surface area contributed by atoms with E-state index in [9.17, 15) is 14.0 Å². The Hall–Kier alpha value is -2.83. The molecule has 6 nitrogen and oxygen atoms in total. The van der Waals surface area contributed by atoms with Gasteiger partial charge in [-0.05, 0) is 59.2 Å². The summed E-state index contributed by atoms with van der Waals surface area (Å²) in [6.07, 6.45) is 0. The number of hydrogen-bond acceptors (Lipinski definition) is 4. The molecule has 0 spiro atoms. The van der Waals surface area contributed by atoms with Crippen molar-refractivity contribution < 1.29 is 14.0 Å². The molecule has 1 aromatic carbocycles. The summed E-state index contributed by atoms with van der Waals surface area (Å²) in [4.78, 5) is 33.8. The predicted octanol–water partition coefficient (Wildman–Crippen LogP) is 3.32. The van der Waals surface area contributed by atoms with Crippen molar-refractivity contribution in [2.45, 2.75) is 47.1 Å². The van der Waals surface area contributed by atoms with E-state index in [1.54, 1.807) is 26.8 Å². The van der Waals surface area contributed by atoms with E-state index in [1.165, 1.54) is 12.1 Å². The summed E-state index contributed by atoms with van der Waals surface area (Å²) in [5.41, 5.74) is 1.45. The van der Waals surface area contributed by atoms with Gasteiger partial charge in [0.15, 0.2) is 11.4 Å². The molecule has 1 heterocycles. The Bertz CT molecular complexity index is 873. The number of amides is 2. The predicted molar refractivity (Wildman–Crippen MR) is 97.8 cm³/mol. The van der Waals surface area contributed by atoms with E-state index >= 15 is 0 Å². The molecule has 2 amide bonds. The van der Waals surface area contributed by atoms with E-state index in [-0.39, 0.29) is 11.4 Å². The molecule has 2 rings (SSSR count). The van der Waals surface area contributed by atoms with Crippen LogP contribution in [0, 0.1) is 26.6 Å². The number of nitrogens with zero attached hydrogens (tertiary/aromatic N) is 2. The summed E-state index contributed by atoms with van der Waals surface area (Å²) in [6, 6.07) is 4.09. The number of aryl methyl sites for hydroxylation is 3. The second-order valence-corrected chi connectivity index (χ2v) is 7.21. The van der Waals surface area contributed by atoms with Crippen LogP contribution in [-0.4, -0.2) is 27.3 Å². The first-order valence-corrected chi connectivity index (χ1v) is 8.23. The zero-order chi connectivity index (χ0) is 19.6. The number of benzene rings is 1. The molecule has 0 aliphatic carbocycles. The van der Waals surface area contributed by atoms with Crippen LogP contribution in [-0.2, 0) is 0 Å². The minimum absolute atomic E-state index is 0.0606. The number of hydrogen-bond donors (Lipinski definition) is 2. The summed E-state index contributed by atoms with van der Waals surface area (Å²) in [6.45, 7) is 10.7. The van der Waals surface area contributed by atoms with Crippen LogP contribution in [0.15, 0.2) is 18.2 Å². The van der Waals surface area contributed by atoms with Crippen molar-refractivity contribution in [1.29, 1.82) is 0 Å². The largest absolute Gasteiger partial charge is 0.346 e. The summed E-state index contributed by atoms with van der Waals surface area (Å²) >= 11 is 0. The van der Waals surface area contributed by atoms with Gasteiger partial charge in [-0.1, -0.05) is 6.07 Å². The molecule has 1 aromatic heterocycles. The molecule has 7 heteroatoms. The van der Waals surface area contributed by atoms with Crippen LogP contribution < -0.4 is 10.6 Å². The molecule has 0 saturated carbocycles. The number of nitrogens with one attached hydrogen (secondary N) is 2. The molecule has 0 aliphatic heterocycles. The molecule has 138 valence electrons. The number of halogens is 1. The summed E-state index contributed by atoms with van der Waals surface area (Å²) in [7, 11) is 0. The van der Waals surface area contributed by atoms with Gasteiger partial charge in [-0.3, -0.25) is 9.59 Å². The van der Waals surface area contributed by atoms with Crippen LogP contribution in [0.2, 0.25) is 0 Å². The maximum Gasteiger partial charge on any atom is 0.276 e. The third kappa shape index (κ3) is 4.62. The molecule has 0 unspecified atom stereocenters. The maximum absolute atomic E-state index is 13.5. The molecule has 0 bridgehead atoms. The average Bonchev–Trinajstić information content (AvgIpc) is 2.51. The topological polar surface area (TPSA) is 84.0 Å². The number of carbonyl (C=O) groups excluding carboxylic acids is 2. The highest BCUT2D eigenvalue weighted by Gasteiger charge is 2.25. The number of aromatic nitrogens is 2. The fourth-order valence-corrected chi connectivity index (χ4v) is 2.23. The van der Waals surface area contributed by atoms with Crippen LogP contribution in [0.4, 0.5) is 10.1 Å². The Kier molecular flexibility index (Phi) is 5.39. The van der Waals surface area contributed by atoms with E-state index in [1.807, 2.05) is 20.8 Å². The standard InChI is InChI=1S/C19H23FN4O2/c1-10-7-8-13(20)9-14(10)23-17(25)15-16(18(26)24-19(4,5)6)22-12(3)11(2)21-15/h7-9H,1-6H3,(H,23,25)(H,24,26). The van der Waals surface area contributed by atoms with Crippen molar-refractivity contribution in [3.05, 3.63) is 52.4 Å². The first-order chi connectivity index (χ1) is 12.0. The van der Waals surface area contributed by atoms with Crippen molar-refractivity contribution in [2.75, 3.05) is 5.32 Å². The molecule has 0 atom stereocenters. The quantitative estimate of drug-likeness (QED) is 0.881. The lowest BCUT2D eigenvalue weighted by Gasteiger charge is -2.21. The Balaban J connectivity index is 2.44. The molecule has 2 aromatic rings. The van der Waals surface area contributed by atoms with Gasteiger partial charge < -0.3 is 10.6 Å². The van der Waals surface area contributed by atoms with E-state index in [0.717, 1.165) is 0 Å². The SMILES string of the molecule is Cc1ccc(F)cc1NC(=O)c1nc(C)c(C)nc1C(=O)NC(C)(C)C. The van der Waals surface area contributed by atoms with Crippen LogP contribution in [0.3, 0.4) is 0 Å². The lowest BCUT2D eigenvalue weighted by atomic mass is 10.1. The van der Waals surface area contributed by atoms with Gasteiger partial charge in [0.1, 0.15) is 5.82 Å². The van der Waals surface area contributed by atoms with Crippen LogP contribution in [0.25, 0.3) is 0 Å². The Morgan fingerprint density at radius 1 is 0.962 bits per heavy atom. The zero-order valence-corrected chi connectivity index (χ0v) is 15.8. The van der Waals surface area contributed by atoms with Crippen molar-refractivity contribution >= 4 is 17.5 Å². The molecular formula is C19H23FN4O2. The molecule has 2 N–H and O–H groups in total. The smallest absolute Gasteiger partial charge is 0.276 e. The van der Waals surface area contributed by atoms with Gasteiger partial charge in [0.25, 0.3) is 11.8 Å². The van der Waals surface area contributed by atoms with E-state index in [2.05, 4.69) is 20.6 Å². The second kappa shape index (κ2) is 7.19. The van der Waals surface area contributed by atoms with Crippen molar-refractivity contribution in [2.24, 2.45) is 0 Å². The lowest BCUT2D eigenvalue weighted by molar-refractivity contribution is 0.0902. The molecule has 0 saturated heterocycles. The minimum Gasteiger partial charge on any atom is -0.346 e. The first-order valence-electron chi connectivity index (χ1n) is 8.23. The molecule has 0 radical (unpaired) electrons. The van der Waals surface area contributed by atoms with Gasteiger partial charge in [0.2, 0.25) is 0 Å². The van der Waals surface area contributed by atoms with Gasteiger partial charge in [-0.25, -0.2) is 14.4 Å². The highest BCUT2D eigenvalue weighted by Crippen LogP contribution is 2.18. The van der Waals surface area contributed by atoms with Crippen LogP contribution in [0.1, 0.15) is 58.7 Å². The van der Waals surface area contributed by atoms with E-state index in [4.69, 9.17) is 0 Å². The normalized spacial score (nSPS) is 11.2. The van der Waals surface area contributed by atoms with Gasteiger partial charge >= 0.3 is 0 Å². The maximum atomic E-state index is 13.5. The van der Waals surface area contributed by atoms with Gasteiger partial charge in [-0.15, -0.1) is 0 Å². The second-order valence-electron chi connectivity index (χ2n) is 7.21. The van der Waals surface area contributed by atoms with Crippen LogP contribution >= 0.6 is 0 Å². The fourth-order valence-electron chi connectivity index (χ4n) is 2.23. The Morgan fingerprint density at radius 2 is 1.50 bits per heavy atom. The monoisotopic (exact) mass is 358 g/mol. The Labute approximate surface area is 152 Å². The summed E-state index contributed by atoms with van der Waals surface area (Å²) in [5.74, 6) is -1.58. The third-order valence-corrected chi connectivity index (χ3v) is 3.67. The number of carbonyl (C=O) groups is 2. The summed E-state index contributed by atoms with van der Waals surface area (Å²) < 4.78 is 13.5. The molecule has 26 heavy (non-hydrogen) atoms. The van der Waals surface area contributed by atoms with Gasteiger partial charge in [0.05, 0.1) is 11.4 Å². The number of rotatable bonds is 3. The number of anilines is 1. The van der Waals surface area contributed by atoms with Gasteiger partial charge in [0, 0.05) is 11.2 Å². The highest BCUT2D eigenvalue weighted by atomic mass is 19.1. The molecule has 0 aliphatic rings.